The first-order chi connectivity index (χ1) is 8.19. The molecular weight excluding hydrogens is 248 g/mol. The number of nitriles is 1. The van der Waals surface area contributed by atoms with E-state index < -0.39 is 0 Å². The zero-order valence-electron chi connectivity index (χ0n) is 10.7. The van der Waals surface area contributed by atoms with Crippen molar-refractivity contribution in [3.8, 4) is 6.07 Å². The normalized spacial score (nSPS) is 11.4. The molecule has 0 aliphatic carbocycles. The highest BCUT2D eigenvalue weighted by molar-refractivity contribution is 8.00. The molecule has 0 radical (unpaired) electrons. The molecule has 0 unspecified atom stereocenters. The molecule has 0 aromatic carbocycles. The van der Waals surface area contributed by atoms with Crippen LogP contribution in [0.25, 0.3) is 0 Å². The van der Waals surface area contributed by atoms with Crippen molar-refractivity contribution in [2.24, 2.45) is 0 Å². The Morgan fingerprint density at radius 2 is 2.12 bits per heavy atom. The minimum Gasteiger partial charge on any atom is -0.310 e. The molecule has 1 N–H and O–H groups in total. The van der Waals surface area contributed by atoms with Crippen LogP contribution >= 0.6 is 23.1 Å². The fourth-order valence-corrected chi connectivity index (χ4v) is 3.41. The summed E-state index contributed by atoms with van der Waals surface area (Å²) in [6.07, 6.45) is 4.56. The fraction of sp³-hybridized carbons (Fsp3) is 0.615. The number of nitrogens with zero attached hydrogens (tertiary/aromatic N) is 1. The van der Waals surface area contributed by atoms with Crippen LogP contribution in [0.4, 0.5) is 0 Å². The number of hydrogen-bond donors (Lipinski definition) is 1. The minimum absolute atomic E-state index is 0.356. The lowest BCUT2D eigenvalue weighted by atomic mass is 10.0. The topological polar surface area (TPSA) is 35.8 Å². The highest BCUT2D eigenvalue weighted by atomic mass is 32.2. The molecule has 0 atom stereocenters. The molecule has 0 saturated heterocycles. The summed E-state index contributed by atoms with van der Waals surface area (Å²) in [5.74, 6) is 0. The molecule has 1 aromatic rings. The fourth-order valence-electron chi connectivity index (χ4n) is 1.81. The number of nitrogens with one attached hydrogen (secondary N) is 1. The molecule has 0 aliphatic heterocycles. The van der Waals surface area contributed by atoms with Crippen LogP contribution in [-0.4, -0.2) is 17.5 Å². The number of thioether (sulfide) groups is 1. The molecular formula is C13H20N2S2. The van der Waals surface area contributed by atoms with Gasteiger partial charge in [-0.1, -0.05) is 13.8 Å². The van der Waals surface area contributed by atoms with Gasteiger partial charge in [0.25, 0.3) is 0 Å². The number of rotatable bonds is 7. The Bertz CT molecular complexity index is 367. The van der Waals surface area contributed by atoms with Gasteiger partial charge in [-0.3, -0.25) is 0 Å². The van der Waals surface area contributed by atoms with Gasteiger partial charge in [0.15, 0.2) is 0 Å². The molecule has 1 rings (SSSR count). The summed E-state index contributed by atoms with van der Waals surface area (Å²) in [5, 5.41) is 12.3. The molecule has 1 heterocycles. The van der Waals surface area contributed by atoms with E-state index in [1.54, 1.807) is 11.3 Å². The first-order valence-electron chi connectivity index (χ1n) is 5.94. The Labute approximate surface area is 112 Å². The van der Waals surface area contributed by atoms with E-state index in [0.29, 0.717) is 4.75 Å². The van der Waals surface area contributed by atoms with E-state index in [1.807, 2.05) is 23.9 Å². The van der Waals surface area contributed by atoms with Gasteiger partial charge in [-0.25, -0.2) is 0 Å². The molecule has 0 saturated carbocycles. The average Bonchev–Trinajstić information content (AvgIpc) is 2.83. The molecule has 17 heavy (non-hydrogen) atoms. The molecule has 0 bridgehead atoms. The lowest BCUT2D eigenvalue weighted by Crippen LogP contribution is -2.36. The molecule has 2 nitrogen and oxygen atoms in total. The third kappa shape index (κ3) is 4.02. The Hall–Kier alpha value is -0.500. The maximum Gasteiger partial charge on any atom is 0.110 e. The number of thiophene rings is 1. The van der Waals surface area contributed by atoms with Crippen molar-refractivity contribution in [3.63, 3.8) is 0 Å². The third-order valence-corrected chi connectivity index (χ3v) is 5.82. The van der Waals surface area contributed by atoms with Gasteiger partial charge in [0.1, 0.15) is 10.9 Å². The van der Waals surface area contributed by atoms with Gasteiger partial charge in [0.05, 0.1) is 0 Å². The van der Waals surface area contributed by atoms with Crippen LogP contribution in [0.5, 0.6) is 0 Å². The average molecular weight is 268 g/mol. The predicted octanol–water partition coefficient (Wildman–Crippen LogP) is 3.63. The highest BCUT2D eigenvalue weighted by Gasteiger charge is 2.23. The molecule has 4 heteroatoms. The molecule has 0 aliphatic rings. The largest absolute Gasteiger partial charge is 0.310 e. The lowest BCUT2D eigenvalue weighted by molar-refractivity contribution is 0.496. The Balaban J connectivity index is 2.44. The summed E-state index contributed by atoms with van der Waals surface area (Å²) in [6, 6.07) is 6.10. The predicted molar refractivity (Wildman–Crippen MR) is 77.6 cm³/mol. The highest BCUT2D eigenvalue weighted by Crippen LogP contribution is 2.29. The molecule has 0 amide bonds. The summed E-state index contributed by atoms with van der Waals surface area (Å²) < 4.78 is 0.356. The van der Waals surface area contributed by atoms with Gasteiger partial charge in [0, 0.05) is 22.7 Å². The summed E-state index contributed by atoms with van der Waals surface area (Å²) in [7, 11) is 0. The van der Waals surface area contributed by atoms with Crippen LogP contribution in [0.15, 0.2) is 12.1 Å². The maximum absolute atomic E-state index is 8.76. The van der Waals surface area contributed by atoms with Gasteiger partial charge in [-0.15, -0.1) is 11.3 Å². The van der Waals surface area contributed by atoms with E-state index in [9.17, 15) is 0 Å². The monoisotopic (exact) mass is 268 g/mol. The standard InChI is InChI=1S/C13H20N2S2/c1-4-13(5-2,16-3)10-15-9-12-7-6-11(8-14)17-12/h6-7,15H,4-5,9-10H2,1-3H3. The van der Waals surface area contributed by atoms with E-state index in [0.717, 1.165) is 18.0 Å². The SMILES string of the molecule is CCC(CC)(CNCc1ccc(C#N)s1)SC. The smallest absolute Gasteiger partial charge is 0.110 e. The first-order valence-corrected chi connectivity index (χ1v) is 7.98. The zero-order chi connectivity index (χ0) is 12.7. The van der Waals surface area contributed by atoms with Crippen LogP contribution in [0.1, 0.15) is 36.4 Å². The van der Waals surface area contributed by atoms with Crippen molar-refractivity contribution in [3.05, 3.63) is 21.9 Å². The second-order valence-corrected chi connectivity index (χ2v) is 6.52. The Kier molecular flexibility index (Phi) is 6.04. The van der Waals surface area contributed by atoms with Crippen molar-refractivity contribution in [2.75, 3.05) is 12.8 Å². The Morgan fingerprint density at radius 1 is 1.41 bits per heavy atom. The van der Waals surface area contributed by atoms with Crippen LogP contribution in [0.3, 0.4) is 0 Å². The van der Waals surface area contributed by atoms with Gasteiger partial charge in [-0.2, -0.15) is 17.0 Å². The van der Waals surface area contributed by atoms with Crippen molar-refractivity contribution >= 4 is 23.1 Å². The molecule has 1 aromatic heterocycles. The summed E-state index contributed by atoms with van der Waals surface area (Å²) in [5.41, 5.74) is 0. The first kappa shape index (κ1) is 14.6. The van der Waals surface area contributed by atoms with Crippen molar-refractivity contribution in [1.29, 1.82) is 5.26 Å². The quantitative estimate of drug-likeness (QED) is 0.820. The van der Waals surface area contributed by atoms with E-state index in [1.165, 1.54) is 17.7 Å². The Morgan fingerprint density at radius 3 is 2.59 bits per heavy atom. The van der Waals surface area contributed by atoms with Crippen LogP contribution in [-0.2, 0) is 6.54 Å². The van der Waals surface area contributed by atoms with E-state index in [-0.39, 0.29) is 0 Å². The second kappa shape index (κ2) is 7.05. The van der Waals surface area contributed by atoms with Crippen LogP contribution in [0, 0.1) is 11.3 Å². The lowest BCUT2D eigenvalue weighted by Gasteiger charge is -2.29. The zero-order valence-corrected chi connectivity index (χ0v) is 12.4. The second-order valence-electron chi connectivity index (χ2n) is 4.08. The maximum atomic E-state index is 8.76. The summed E-state index contributed by atoms with van der Waals surface area (Å²) in [6.45, 7) is 6.40. The van der Waals surface area contributed by atoms with E-state index in [4.69, 9.17) is 5.26 Å². The van der Waals surface area contributed by atoms with Gasteiger partial charge in [0.2, 0.25) is 0 Å². The van der Waals surface area contributed by atoms with E-state index >= 15 is 0 Å². The van der Waals surface area contributed by atoms with Gasteiger partial charge in [-0.05, 0) is 31.2 Å². The van der Waals surface area contributed by atoms with Crippen LogP contribution < -0.4 is 5.32 Å². The van der Waals surface area contributed by atoms with Crippen molar-refractivity contribution in [2.45, 2.75) is 38.0 Å². The van der Waals surface area contributed by atoms with Crippen molar-refractivity contribution in [1.82, 2.24) is 5.32 Å². The summed E-state index contributed by atoms with van der Waals surface area (Å²) >= 11 is 3.53. The minimum atomic E-state index is 0.356. The molecule has 0 spiro atoms. The third-order valence-electron chi connectivity index (χ3n) is 3.24. The van der Waals surface area contributed by atoms with Gasteiger partial charge >= 0.3 is 0 Å². The van der Waals surface area contributed by atoms with Gasteiger partial charge < -0.3 is 5.32 Å². The number of hydrogen-bond acceptors (Lipinski definition) is 4. The molecule has 0 fully saturated rings. The molecule has 94 valence electrons. The summed E-state index contributed by atoms with van der Waals surface area (Å²) in [4.78, 5) is 2.03. The van der Waals surface area contributed by atoms with E-state index in [2.05, 4.69) is 31.5 Å². The van der Waals surface area contributed by atoms with Crippen molar-refractivity contribution < 1.29 is 0 Å². The van der Waals surface area contributed by atoms with Crippen LogP contribution in [0.2, 0.25) is 0 Å².